The summed E-state index contributed by atoms with van der Waals surface area (Å²) >= 11 is 0. The second kappa shape index (κ2) is 6.66. The smallest absolute Gasteiger partial charge is 0.248 e. The van der Waals surface area contributed by atoms with Gasteiger partial charge in [0.15, 0.2) is 0 Å². The molecule has 0 spiro atoms. The van der Waals surface area contributed by atoms with Crippen molar-refractivity contribution in [2.45, 2.75) is 0 Å². The van der Waals surface area contributed by atoms with Crippen LogP contribution in [0.15, 0.2) is 30.4 Å². The summed E-state index contributed by atoms with van der Waals surface area (Å²) in [6.45, 7) is 0.720. The third-order valence-electron chi connectivity index (χ3n) is 2.24. The lowest BCUT2D eigenvalue weighted by Crippen LogP contribution is -2.13. The van der Waals surface area contributed by atoms with Crippen molar-refractivity contribution < 1.29 is 9.53 Å². The Morgan fingerprint density at radius 3 is 2.78 bits per heavy atom. The number of carbonyl (C=O) groups is 1. The first-order valence-corrected chi connectivity index (χ1v) is 5.58. The number of hydrogen-bond donors (Lipinski definition) is 2. The van der Waals surface area contributed by atoms with Gasteiger partial charge in [-0.15, -0.1) is 0 Å². The van der Waals surface area contributed by atoms with E-state index in [1.165, 1.54) is 6.08 Å². The van der Waals surface area contributed by atoms with Gasteiger partial charge in [-0.1, -0.05) is 6.08 Å². The number of carbonyl (C=O) groups excluding carboxylic acids is 1. The highest BCUT2D eigenvalue weighted by Crippen LogP contribution is 2.24. The van der Waals surface area contributed by atoms with Gasteiger partial charge in [-0.25, -0.2) is 0 Å². The maximum Gasteiger partial charge on any atom is 0.248 e. The Bertz CT molecular complexity index is 442. The van der Waals surface area contributed by atoms with Crippen LogP contribution >= 0.6 is 0 Å². The zero-order valence-corrected chi connectivity index (χ0v) is 10.9. The normalized spacial score (nSPS) is 10.9. The average Bonchev–Trinajstić information content (AvgIpc) is 2.28. The van der Waals surface area contributed by atoms with Crippen LogP contribution in [0.3, 0.4) is 0 Å². The maximum atomic E-state index is 11.6. The van der Waals surface area contributed by atoms with Crippen molar-refractivity contribution in [1.29, 1.82) is 0 Å². The fraction of sp³-hybridized carbons (Fsp3) is 0.308. The molecule has 0 aliphatic carbocycles. The van der Waals surface area contributed by atoms with Gasteiger partial charge < -0.3 is 20.7 Å². The topological polar surface area (TPSA) is 67.6 Å². The fourth-order valence-corrected chi connectivity index (χ4v) is 1.37. The summed E-state index contributed by atoms with van der Waals surface area (Å²) in [5.41, 5.74) is 6.89. The van der Waals surface area contributed by atoms with Crippen molar-refractivity contribution in [3.63, 3.8) is 0 Å². The molecule has 18 heavy (non-hydrogen) atoms. The number of nitrogens with one attached hydrogen (secondary N) is 1. The number of methoxy groups -OCH3 is 1. The maximum absolute atomic E-state index is 11.6. The van der Waals surface area contributed by atoms with Crippen molar-refractivity contribution in [3.8, 4) is 5.75 Å². The zero-order chi connectivity index (χ0) is 13.5. The summed E-state index contributed by atoms with van der Waals surface area (Å²) in [6.07, 6.45) is 3.29. The molecule has 0 radical (unpaired) electrons. The molecule has 0 aliphatic heterocycles. The van der Waals surface area contributed by atoms with E-state index >= 15 is 0 Å². The lowest BCUT2D eigenvalue weighted by atomic mass is 10.2. The number of rotatable bonds is 5. The molecule has 0 unspecified atom stereocenters. The Labute approximate surface area is 107 Å². The lowest BCUT2D eigenvalue weighted by molar-refractivity contribution is -0.111. The molecule has 98 valence electrons. The average molecular weight is 249 g/mol. The van der Waals surface area contributed by atoms with Crippen molar-refractivity contribution >= 4 is 17.3 Å². The molecule has 1 amide bonds. The van der Waals surface area contributed by atoms with Crippen molar-refractivity contribution in [2.24, 2.45) is 0 Å². The van der Waals surface area contributed by atoms with E-state index in [1.54, 1.807) is 31.4 Å². The molecule has 0 bridgehead atoms. The molecular formula is C13H19N3O2. The van der Waals surface area contributed by atoms with Crippen LogP contribution in [-0.2, 0) is 4.79 Å². The molecule has 0 aromatic heterocycles. The van der Waals surface area contributed by atoms with Gasteiger partial charge in [0.05, 0.1) is 12.8 Å². The molecule has 1 aromatic carbocycles. The molecule has 0 saturated carbocycles. The van der Waals surface area contributed by atoms with Crippen LogP contribution in [-0.4, -0.2) is 38.6 Å². The van der Waals surface area contributed by atoms with E-state index in [2.05, 4.69) is 5.32 Å². The molecule has 3 N–H and O–H groups in total. The van der Waals surface area contributed by atoms with Crippen molar-refractivity contribution in [3.05, 3.63) is 30.4 Å². The molecular weight excluding hydrogens is 230 g/mol. The Morgan fingerprint density at radius 1 is 1.50 bits per heavy atom. The highest BCUT2D eigenvalue weighted by molar-refractivity contribution is 5.99. The summed E-state index contributed by atoms with van der Waals surface area (Å²) in [6, 6.07) is 5.12. The zero-order valence-electron chi connectivity index (χ0n) is 10.9. The van der Waals surface area contributed by atoms with Crippen LogP contribution in [0, 0.1) is 0 Å². The van der Waals surface area contributed by atoms with Crippen LogP contribution in [0.4, 0.5) is 11.4 Å². The minimum absolute atomic E-state index is 0.179. The third-order valence-corrected chi connectivity index (χ3v) is 2.24. The highest BCUT2D eigenvalue weighted by Gasteiger charge is 2.02. The van der Waals surface area contributed by atoms with Crippen molar-refractivity contribution in [2.75, 3.05) is 38.8 Å². The highest BCUT2D eigenvalue weighted by atomic mass is 16.5. The molecule has 5 nitrogen and oxygen atoms in total. The number of nitrogens with two attached hydrogens (primary N) is 1. The number of hydrogen-bond acceptors (Lipinski definition) is 4. The SMILES string of the molecule is COc1ccc(NC(=O)/C=C/CN(C)C)cc1N. The number of nitrogens with zero attached hydrogens (tertiary/aromatic N) is 1. The Hall–Kier alpha value is -2.01. The molecule has 1 aromatic rings. The molecule has 0 aliphatic rings. The Balaban J connectivity index is 2.59. The van der Waals surface area contributed by atoms with Crippen LogP contribution in [0.1, 0.15) is 0 Å². The number of benzene rings is 1. The summed E-state index contributed by atoms with van der Waals surface area (Å²) < 4.78 is 5.04. The second-order valence-corrected chi connectivity index (χ2v) is 4.11. The van der Waals surface area contributed by atoms with Gasteiger partial charge in [-0.05, 0) is 32.3 Å². The van der Waals surface area contributed by atoms with E-state index in [9.17, 15) is 4.79 Å². The Kier molecular flexibility index (Phi) is 5.20. The number of amides is 1. The number of ether oxygens (including phenoxy) is 1. The third kappa shape index (κ3) is 4.47. The lowest BCUT2D eigenvalue weighted by Gasteiger charge is -2.07. The molecule has 1 rings (SSSR count). The number of nitrogen functional groups attached to an aromatic ring is 1. The van der Waals surface area contributed by atoms with Gasteiger partial charge in [0.1, 0.15) is 5.75 Å². The van der Waals surface area contributed by atoms with E-state index < -0.39 is 0 Å². The van der Waals surface area contributed by atoms with Gasteiger partial charge in [-0.2, -0.15) is 0 Å². The second-order valence-electron chi connectivity index (χ2n) is 4.11. The monoisotopic (exact) mass is 249 g/mol. The van der Waals surface area contributed by atoms with E-state index in [0.29, 0.717) is 17.1 Å². The van der Waals surface area contributed by atoms with E-state index in [0.717, 1.165) is 6.54 Å². The van der Waals surface area contributed by atoms with E-state index in [1.807, 2.05) is 19.0 Å². The van der Waals surface area contributed by atoms with Gasteiger partial charge in [0.25, 0.3) is 0 Å². The van der Waals surface area contributed by atoms with Crippen LogP contribution < -0.4 is 15.8 Å². The van der Waals surface area contributed by atoms with Crippen LogP contribution in [0.5, 0.6) is 5.75 Å². The summed E-state index contributed by atoms with van der Waals surface area (Å²) in [5, 5.41) is 2.73. The minimum atomic E-state index is -0.179. The first-order valence-electron chi connectivity index (χ1n) is 5.58. The quantitative estimate of drug-likeness (QED) is 0.610. The molecule has 5 heteroatoms. The molecule has 0 fully saturated rings. The molecule has 0 atom stereocenters. The first kappa shape index (κ1) is 14.1. The minimum Gasteiger partial charge on any atom is -0.495 e. The molecule has 0 heterocycles. The van der Waals surface area contributed by atoms with Crippen LogP contribution in [0.25, 0.3) is 0 Å². The predicted octanol–water partition coefficient (Wildman–Crippen LogP) is 1.33. The van der Waals surface area contributed by atoms with Crippen molar-refractivity contribution in [1.82, 2.24) is 4.90 Å². The first-order chi connectivity index (χ1) is 8.52. The van der Waals surface area contributed by atoms with Gasteiger partial charge >= 0.3 is 0 Å². The van der Waals surface area contributed by atoms with E-state index in [4.69, 9.17) is 10.5 Å². The van der Waals surface area contributed by atoms with Gasteiger partial charge in [0.2, 0.25) is 5.91 Å². The summed E-state index contributed by atoms with van der Waals surface area (Å²) in [7, 11) is 5.42. The van der Waals surface area contributed by atoms with Crippen LogP contribution in [0.2, 0.25) is 0 Å². The number of anilines is 2. The Morgan fingerprint density at radius 2 is 2.22 bits per heavy atom. The number of likely N-dealkylation sites (N-methyl/N-ethyl adjacent to an activating group) is 1. The summed E-state index contributed by atoms with van der Waals surface area (Å²) in [5.74, 6) is 0.414. The van der Waals surface area contributed by atoms with E-state index in [-0.39, 0.29) is 5.91 Å². The standard InChI is InChI=1S/C13H19N3O2/c1-16(2)8-4-5-13(17)15-10-6-7-12(18-3)11(14)9-10/h4-7,9H,8,14H2,1-3H3,(H,15,17)/b5-4+. The van der Waals surface area contributed by atoms with Gasteiger partial charge in [0, 0.05) is 18.3 Å². The fourth-order valence-electron chi connectivity index (χ4n) is 1.37. The van der Waals surface area contributed by atoms with Gasteiger partial charge in [-0.3, -0.25) is 4.79 Å². The summed E-state index contributed by atoms with van der Waals surface area (Å²) in [4.78, 5) is 13.5. The largest absolute Gasteiger partial charge is 0.495 e. The molecule has 0 saturated heterocycles. The predicted molar refractivity (Wildman–Crippen MR) is 73.7 cm³/mol.